The van der Waals surface area contributed by atoms with Crippen molar-refractivity contribution >= 4 is 0 Å². The van der Waals surface area contributed by atoms with Crippen molar-refractivity contribution in [1.29, 1.82) is 0 Å². The molecule has 4 nitrogen and oxygen atoms in total. The molecule has 0 amide bonds. The Balaban J connectivity index is 1.65. The van der Waals surface area contributed by atoms with Gasteiger partial charge in [-0.3, -0.25) is 0 Å². The summed E-state index contributed by atoms with van der Waals surface area (Å²) in [6.45, 7) is 5.20. The molecule has 2 aromatic carbocycles. The van der Waals surface area contributed by atoms with Crippen LogP contribution in [0.1, 0.15) is 29.7 Å². The van der Waals surface area contributed by atoms with E-state index in [2.05, 4.69) is 77.8 Å². The molecule has 0 radical (unpaired) electrons. The molecule has 0 fully saturated rings. The topological polar surface area (TPSA) is 42.7 Å². The normalized spacial score (nSPS) is 12.3. The van der Waals surface area contributed by atoms with Crippen LogP contribution < -0.4 is 5.32 Å². The Hall–Kier alpha value is -2.46. The molecular formula is C18H20N4. The molecule has 1 atom stereocenters. The summed E-state index contributed by atoms with van der Waals surface area (Å²) in [5.74, 6) is 0. The molecule has 1 unspecified atom stereocenters. The monoisotopic (exact) mass is 292 g/mol. The Morgan fingerprint density at radius 1 is 1.09 bits per heavy atom. The summed E-state index contributed by atoms with van der Waals surface area (Å²) in [7, 11) is 0. The van der Waals surface area contributed by atoms with Gasteiger partial charge in [-0.25, -0.2) is 9.67 Å². The van der Waals surface area contributed by atoms with E-state index in [1.54, 1.807) is 17.3 Å². The van der Waals surface area contributed by atoms with E-state index in [-0.39, 0.29) is 0 Å². The van der Waals surface area contributed by atoms with Crippen molar-refractivity contribution in [2.24, 2.45) is 0 Å². The molecule has 1 N–H and O–H groups in total. The van der Waals surface area contributed by atoms with Gasteiger partial charge in [-0.15, -0.1) is 0 Å². The van der Waals surface area contributed by atoms with Crippen molar-refractivity contribution in [2.45, 2.75) is 26.4 Å². The molecule has 3 aromatic rings. The number of hydrogen-bond donors (Lipinski definition) is 1. The van der Waals surface area contributed by atoms with Gasteiger partial charge in [0.1, 0.15) is 12.7 Å². The zero-order valence-corrected chi connectivity index (χ0v) is 12.9. The Bertz CT molecular complexity index is 717. The van der Waals surface area contributed by atoms with Crippen LogP contribution in [-0.4, -0.2) is 14.8 Å². The molecule has 4 heteroatoms. The third-order valence-electron chi connectivity index (χ3n) is 3.94. The molecule has 112 valence electrons. The second kappa shape index (κ2) is 6.54. The Labute approximate surface area is 130 Å². The minimum absolute atomic E-state index is 0.296. The van der Waals surface area contributed by atoms with Crippen LogP contribution in [0.3, 0.4) is 0 Å². The van der Waals surface area contributed by atoms with Gasteiger partial charge in [0, 0.05) is 12.6 Å². The summed E-state index contributed by atoms with van der Waals surface area (Å²) in [4.78, 5) is 3.97. The zero-order chi connectivity index (χ0) is 15.4. The molecule has 0 aliphatic rings. The number of aromatic nitrogens is 3. The van der Waals surface area contributed by atoms with Gasteiger partial charge in [0.2, 0.25) is 0 Å². The van der Waals surface area contributed by atoms with E-state index in [0.717, 1.165) is 12.2 Å². The van der Waals surface area contributed by atoms with E-state index in [1.165, 1.54) is 16.7 Å². The molecule has 0 bridgehead atoms. The van der Waals surface area contributed by atoms with Gasteiger partial charge in [0.05, 0.1) is 5.69 Å². The standard InChI is InChI=1S/C18H20N4/c1-14-5-3-4-6-17(14)11-20-15(2)16-7-9-18(10-8-16)22-13-19-12-21-22/h3-10,12-13,15,20H,11H2,1-2H3. The first-order valence-electron chi connectivity index (χ1n) is 7.47. The lowest BCUT2D eigenvalue weighted by Gasteiger charge is -2.16. The van der Waals surface area contributed by atoms with Crippen LogP contribution in [0.15, 0.2) is 61.2 Å². The lowest BCUT2D eigenvalue weighted by molar-refractivity contribution is 0.573. The van der Waals surface area contributed by atoms with E-state index in [0.29, 0.717) is 6.04 Å². The largest absolute Gasteiger partial charge is 0.306 e. The van der Waals surface area contributed by atoms with Gasteiger partial charge in [0.25, 0.3) is 0 Å². The zero-order valence-electron chi connectivity index (χ0n) is 12.9. The number of nitrogens with one attached hydrogen (secondary N) is 1. The maximum atomic E-state index is 4.14. The lowest BCUT2D eigenvalue weighted by Crippen LogP contribution is -2.18. The maximum absolute atomic E-state index is 4.14. The third-order valence-corrected chi connectivity index (χ3v) is 3.94. The maximum Gasteiger partial charge on any atom is 0.138 e. The molecule has 0 aliphatic heterocycles. The van der Waals surface area contributed by atoms with Crippen molar-refractivity contribution < 1.29 is 0 Å². The average Bonchev–Trinajstić information content (AvgIpc) is 3.08. The number of rotatable bonds is 5. The molecule has 0 saturated carbocycles. The second-order valence-corrected chi connectivity index (χ2v) is 5.46. The van der Waals surface area contributed by atoms with E-state index < -0.39 is 0 Å². The average molecular weight is 292 g/mol. The van der Waals surface area contributed by atoms with Gasteiger partial charge in [-0.1, -0.05) is 36.4 Å². The molecule has 22 heavy (non-hydrogen) atoms. The fraction of sp³-hybridized carbons (Fsp3) is 0.222. The molecule has 0 aliphatic carbocycles. The summed E-state index contributed by atoms with van der Waals surface area (Å²) in [6, 6.07) is 17.2. The molecular weight excluding hydrogens is 272 g/mol. The first kappa shape index (κ1) is 14.5. The smallest absolute Gasteiger partial charge is 0.138 e. The van der Waals surface area contributed by atoms with E-state index in [4.69, 9.17) is 0 Å². The summed E-state index contributed by atoms with van der Waals surface area (Å²) < 4.78 is 1.76. The van der Waals surface area contributed by atoms with Gasteiger partial charge in [-0.05, 0) is 42.7 Å². The van der Waals surface area contributed by atoms with Gasteiger partial charge >= 0.3 is 0 Å². The fourth-order valence-electron chi connectivity index (χ4n) is 2.45. The highest BCUT2D eigenvalue weighted by molar-refractivity contribution is 5.34. The van der Waals surface area contributed by atoms with Crippen LogP contribution in [0, 0.1) is 6.92 Å². The first-order valence-corrected chi connectivity index (χ1v) is 7.47. The van der Waals surface area contributed by atoms with Crippen molar-refractivity contribution in [3.63, 3.8) is 0 Å². The van der Waals surface area contributed by atoms with Crippen LogP contribution in [-0.2, 0) is 6.54 Å². The highest BCUT2D eigenvalue weighted by atomic mass is 15.3. The van der Waals surface area contributed by atoms with Gasteiger partial charge in [-0.2, -0.15) is 5.10 Å². The Morgan fingerprint density at radius 3 is 2.55 bits per heavy atom. The second-order valence-electron chi connectivity index (χ2n) is 5.46. The van der Waals surface area contributed by atoms with Crippen LogP contribution in [0.25, 0.3) is 5.69 Å². The molecule has 1 aromatic heterocycles. The highest BCUT2D eigenvalue weighted by Gasteiger charge is 2.06. The quantitative estimate of drug-likeness (QED) is 0.783. The summed E-state index contributed by atoms with van der Waals surface area (Å²) >= 11 is 0. The van der Waals surface area contributed by atoms with Gasteiger partial charge in [0.15, 0.2) is 0 Å². The summed E-state index contributed by atoms with van der Waals surface area (Å²) in [5.41, 5.74) is 4.95. The fourth-order valence-corrected chi connectivity index (χ4v) is 2.45. The van der Waals surface area contributed by atoms with Crippen LogP contribution in [0.5, 0.6) is 0 Å². The van der Waals surface area contributed by atoms with Crippen molar-refractivity contribution in [2.75, 3.05) is 0 Å². The van der Waals surface area contributed by atoms with Crippen molar-refractivity contribution in [1.82, 2.24) is 20.1 Å². The lowest BCUT2D eigenvalue weighted by atomic mass is 10.1. The summed E-state index contributed by atoms with van der Waals surface area (Å²) in [5, 5.41) is 7.71. The van der Waals surface area contributed by atoms with E-state index >= 15 is 0 Å². The van der Waals surface area contributed by atoms with Crippen LogP contribution in [0.2, 0.25) is 0 Å². The van der Waals surface area contributed by atoms with Crippen LogP contribution in [0.4, 0.5) is 0 Å². The molecule has 0 saturated heterocycles. The number of hydrogen-bond acceptors (Lipinski definition) is 3. The van der Waals surface area contributed by atoms with E-state index in [9.17, 15) is 0 Å². The SMILES string of the molecule is Cc1ccccc1CNC(C)c1ccc(-n2cncn2)cc1. The number of benzene rings is 2. The predicted molar refractivity (Wildman–Crippen MR) is 87.8 cm³/mol. The minimum atomic E-state index is 0.296. The Kier molecular flexibility index (Phi) is 4.30. The molecule has 3 rings (SSSR count). The van der Waals surface area contributed by atoms with Crippen molar-refractivity contribution in [3.05, 3.63) is 77.9 Å². The van der Waals surface area contributed by atoms with Crippen molar-refractivity contribution in [3.8, 4) is 5.69 Å². The van der Waals surface area contributed by atoms with E-state index in [1.807, 2.05) is 0 Å². The van der Waals surface area contributed by atoms with Gasteiger partial charge < -0.3 is 5.32 Å². The third kappa shape index (κ3) is 3.23. The molecule has 0 spiro atoms. The number of nitrogens with zero attached hydrogens (tertiary/aromatic N) is 3. The van der Waals surface area contributed by atoms with Crippen LogP contribution >= 0.6 is 0 Å². The molecule has 1 heterocycles. The first-order chi connectivity index (χ1) is 10.7. The highest BCUT2D eigenvalue weighted by Crippen LogP contribution is 2.16. The minimum Gasteiger partial charge on any atom is -0.306 e. The number of aryl methyl sites for hydroxylation is 1. The predicted octanol–water partition coefficient (Wildman–Crippen LogP) is 3.43. The summed E-state index contributed by atoms with van der Waals surface area (Å²) in [6.07, 6.45) is 3.25. The Morgan fingerprint density at radius 2 is 1.86 bits per heavy atom.